The zero-order valence-electron chi connectivity index (χ0n) is 5.31. The van der Waals surface area contributed by atoms with Crippen molar-refractivity contribution in [3.05, 3.63) is 0 Å². The number of hydrogen-bond acceptors (Lipinski definition) is 2. The fraction of sp³-hybridized carbons (Fsp3) is 0.500. The monoisotopic (exact) mass is 178 g/mol. The summed E-state index contributed by atoms with van der Waals surface area (Å²) in [5, 5.41) is 9.36. The Morgan fingerprint density at radius 1 is 1.50 bits per heavy atom. The molecule has 0 bridgehead atoms. The summed E-state index contributed by atoms with van der Waals surface area (Å²) in [4.78, 5) is 25.6. The second-order valence-electron chi connectivity index (χ2n) is 1.27. The number of aliphatic carboxylic acids is 1. The first-order valence-electron chi connectivity index (χ1n) is 1.94. The largest absolute Gasteiger partial charge is 0.480 e. The van der Waals surface area contributed by atoms with Gasteiger partial charge in [-0.15, -0.1) is 0 Å². The average molecular weight is 178 g/mol. The van der Waals surface area contributed by atoms with Gasteiger partial charge in [-0.3, -0.25) is 4.79 Å². The summed E-state index contributed by atoms with van der Waals surface area (Å²) >= 11 is 0. The second kappa shape index (κ2) is 5.26. The molecule has 6 nitrogen and oxygen atoms in total. The van der Waals surface area contributed by atoms with E-state index in [2.05, 4.69) is 0 Å². The van der Waals surface area contributed by atoms with Gasteiger partial charge in [-0.2, -0.15) is 0 Å². The molecule has 0 atom stereocenters. The molecule has 0 heterocycles. The molecular weight excluding hydrogens is 172 g/mol. The second-order valence-corrected chi connectivity index (χ2v) is 2.68. The average Bonchev–Trinajstić information content (AvgIpc) is 1.59. The maximum absolute atomic E-state index is 9.86. The van der Waals surface area contributed by atoms with E-state index in [4.69, 9.17) is 14.9 Å². The topological polar surface area (TPSA) is 107 Å². The van der Waals surface area contributed by atoms with Crippen molar-refractivity contribution in [2.45, 2.75) is 0 Å². The van der Waals surface area contributed by atoms with Crippen LogP contribution in [0, 0.1) is 0 Å². The molecule has 0 aromatic heterocycles. The third-order valence-electron chi connectivity index (χ3n) is 0.436. The van der Waals surface area contributed by atoms with Crippen LogP contribution in [0.15, 0.2) is 0 Å². The third-order valence-corrected chi connectivity index (χ3v) is 1.01. The Kier molecular flexibility index (Phi) is 6.94. The summed E-state index contributed by atoms with van der Waals surface area (Å²) in [5.74, 6) is -1.31. The third kappa shape index (κ3) is 11.4. The van der Waals surface area contributed by atoms with Gasteiger partial charge >= 0.3 is 13.7 Å². The summed E-state index contributed by atoms with van der Waals surface area (Å²) in [6.45, 7) is -0.732. The van der Waals surface area contributed by atoms with Gasteiger partial charge < -0.3 is 14.9 Å². The maximum Gasteiger partial charge on any atom is 0.400 e. The van der Waals surface area contributed by atoms with Crippen LogP contribution in [0.2, 0.25) is 0 Å². The van der Waals surface area contributed by atoms with Gasteiger partial charge in [-0.05, 0) is 0 Å². The first-order valence-corrected chi connectivity index (χ1v) is 3.55. The van der Waals surface area contributed by atoms with Crippen molar-refractivity contribution < 1.29 is 24.3 Å². The first kappa shape index (κ1) is 13.2. The first-order chi connectivity index (χ1) is 3.92. The molecule has 0 aliphatic carbocycles. The van der Waals surface area contributed by atoms with Crippen LogP contribution in [0.4, 0.5) is 0 Å². The zero-order valence-corrected chi connectivity index (χ0v) is 8.21. The van der Waals surface area contributed by atoms with E-state index in [1.165, 1.54) is 5.09 Å². The summed E-state index contributed by atoms with van der Waals surface area (Å²) < 4.78 is 9.86. The molecule has 0 aromatic rings. The van der Waals surface area contributed by atoms with E-state index >= 15 is 0 Å². The summed E-state index contributed by atoms with van der Waals surface area (Å²) in [6.07, 6.45) is 0. The van der Waals surface area contributed by atoms with E-state index in [0.717, 1.165) is 0 Å². The number of rotatable bonds is 3. The normalized spacial score (nSPS) is 10.2. The molecule has 0 aromatic carbocycles. The van der Waals surface area contributed by atoms with Gasteiger partial charge in [0.1, 0.15) is 6.54 Å². The molecule has 0 aliphatic rings. The number of hydrogen-bond donors (Lipinski definition) is 4. The molecular formula is C2H6NNaO5P. The molecule has 0 saturated heterocycles. The summed E-state index contributed by atoms with van der Waals surface area (Å²) in [7, 11) is -4.35. The van der Waals surface area contributed by atoms with E-state index in [1.807, 2.05) is 0 Å². The van der Waals surface area contributed by atoms with Crippen LogP contribution < -0.4 is 5.09 Å². The van der Waals surface area contributed by atoms with Gasteiger partial charge in [0.25, 0.3) is 0 Å². The minimum Gasteiger partial charge on any atom is -0.480 e. The fourth-order valence-electron chi connectivity index (χ4n) is 0.171. The maximum atomic E-state index is 9.86. The Labute approximate surface area is 79.1 Å². The van der Waals surface area contributed by atoms with Gasteiger partial charge in [0, 0.05) is 29.6 Å². The van der Waals surface area contributed by atoms with Crippen LogP contribution in [0.3, 0.4) is 0 Å². The minimum absolute atomic E-state index is 0. The van der Waals surface area contributed by atoms with Crippen LogP contribution in [0.1, 0.15) is 0 Å². The summed E-state index contributed by atoms with van der Waals surface area (Å²) in [5.41, 5.74) is 0. The molecule has 0 aliphatic heterocycles. The van der Waals surface area contributed by atoms with Gasteiger partial charge in [-0.1, -0.05) is 0 Å². The van der Waals surface area contributed by atoms with Crippen molar-refractivity contribution in [2.75, 3.05) is 6.54 Å². The Bertz CT molecular complexity index is 154. The van der Waals surface area contributed by atoms with Gasteiger partial charge in [0.15, 0.2) is 0 Å². The molecule has 10 heavy (non-hydrogen) atoms. The van der Waals surface area contributed by atoms with Crippen LogP contribution in [-0.2, 0) is 9.36 Å². The van der Waals surface area contributed by atoms with Crippen molar-refractivity contribution >= 4 is 43.3 Å². The van der Waals surface area contributed by atoms with Crippen LogP contribution in [0.5, 0.6) is 0 Å². The van der Waals surface area contributed by atoms with Crippen molar-refractivity contribution in [3.8, 4) is 0 Å². The molecule has 0 unspecified atom stereocenters. The predicted molar refractivity (Wildman–Crippen MR) is 33.4 cm³/mol. The number of carboxylic acids is 1. The van der Waals surface area contributed by atoms with E-state index in [-0.39, 0.29) is 29.6 Å². The smallest absolute Gasteiger partial charge is 0.400 e. The van der Waals surface area contributed by atoms with Crippen molar-refractivity contribution in [2.24, 2.45) is 0 Å². The molecule has 0 rings (SSSR count). The Balaban J connectivity index is 0. The quantitative estimate of drug-likeness (QED) is 0.305. The number of nitrogens with one attached hydrogen (secondary N) is 1. The molecule has 55 valence electrons. The van der Waals surface area contributed by atoms with E-state index in [0.29, 0.717) is 0 Å². The van der Waals surface area contributed by atoms with Crippen molar-refractivity contribution in [1.29, 1.82) is 0 Å². The van der Waals surface area contributed by atoms with E-state index in [1.54, 1.807) is 0 Å². The van der Waals surface area contributed by atoms with Gasteiger partial charge in [0.05, 0.1) is 0 Å². The Hall–Kier alpha value is 0.580. The Morgan fingerprint density at radius 2 is 1.90 bits per heavy atom. The SMILES string of the molecule is O=C(O)CNP(=O)(O)O.[Na]. The molecule has 0 fully saturated rings. The van der Waals surface area contributed by atoms with Crippen LogP contribution in [-0.4, -0.2) is 57.0 Å². The minimum atomic E-state index is -4.35. The van der Waals surface area contributed by atoms with E-state index in [9.17, 15) is 9.36 Å². The van der Waals surface area contributed by atoms with Crippen LogP contribution >= 0.6 is 7.75 Å². The fourth-order valence-corrected chi connectivity index (χ4v) is 0.512. The molecule has 4 N–H and O–H groups in total. The van der Waals surface area contributed by atoms with Gasteiger partial charge in [-0.25, -0.2) is 9.65 Å². The predicted octanol–water partition coefficient (Wildman–Crippen LogP) is -1.63. The van der Waals surface area contributed by atoms with E-state index < -0.39 is 20.3 Å². The number of carboxylic acid groups (broad SMARTS) is 1. The van der Waals surface area contributed by atoms with Crippen molar-refractivity contribution in [1.82, 2.24) is 5.09 Å². The molecule has 0 saturated carbocycles. The summed E-state index contributed by atoms with van der Waals surface area (Å²) in [6, 6.07) is 0. The zero-order chi connectivity index (χ0) is 7.49. The number of carbonyl (C=O) groups is 1. The van der Waals surface area contributed by atoms with Gasteiger partial charge in [0.2, 0.25) is 0 Å². The van der Waals surface area contributed by atoms with Crippen LogP contribution in [0.25, 0.3) is 0 Å². The molecule has 1 radical (unpaired) electrons. The molecule has 0 amide bonds. The molecule has 0 spiro atoms. The standard InChI is InChI=1S/C2H6NO5P.Na/c4-2(5)1-3-9(6,7)8;/h1H2,(H,4,5)(H3,3,6,7,8);. The molecule has 8 heteroatoms. The van der Waals surface area contributed by atoms with Crippen molar-refractivity contribution in [3.63, 3.8) is 0 Å². The Morgan fingerprint density at radius 3 is 2.00 bits per heavy atom.